The Hall–Kier alpha value is -1.38. The third-order valence-electron chi connectivity index (χ3n) is 3.46. The fourth-order valence-electron chi connectivity index (χ4n) is 2.28. The molecule has 0 aromatic heterocycles. The van der Waals surface area contributed by atoms with Crippen LogP contribution in [0.25, 0.3) is 0 Å². The maximum absolute atomic E-state index is 13.7. The van der Waals surface area contributed by atoms with E-state index >= 15 is 0 Å². The van der Waals surface area contributed by atoms with Crippen molar-refractivity contribution in [1.82, 2.24) is 0 Å². The number of benzene rings is 2. The van der Waals surface area contributed by atoms with E-state index in [4.69, 9.17) is 17.3 Å². The molecule has 0 radical (unpaired) electrons. The monoisotopic (exact) mass is 291 g/mol. The summed E-state index contributed by atoms with van der Waals surface area (Å²) in [6.45, 7) is 2.13. The van der Waals surface area contributed by atoms with Crippen molar-refractivity contribution in [2.75, 3.05) is 0 Å². The smallest absolute Gasteiger partial charge is 0.127 e. The van der Waals surface area contributed by atoms with Crippen LogP contribution in [-0.2, 0) is 19.3 Å². The van der Waals surface area contributed by atoms with Gasteiger partial charge < -0.3 is 5.73 Å². The van der Waals surface area contributed by atoms with Crippen molar-refractivity contribution >= 4 is 11.6 Å². The highest BCUT2D eigenvalue weighted by molar-refractivity contribution is 6.31. The molecule has 106 valence electrons. The van der Waals surface area contributed by atoms with E-state index in [1.54, 1.807) is 12.1 Å². The molecule has 0 saturated carbocycles. The highest BCUT2D eigenvalue weighted by Crippen LogP contribution is 2.21. The van der Waals surface area contributed by atoms with Crippen LogP contribution in [0.5, 0.6) is 0 Å². The van der Waals surface area contributed by atoms with E-state index in [-0.39, 0.29) is 11.9 Å². The van der Waals surface area contributed by atoms with Crippen LogP contribution in [0.1, 0.15) is 23.6 Å². The Bertz CT molecular complexity index is 545. The molecule has 0 fully saturated rings. The van der Waals surface area contributed by atoms with E-state index in [1.165, 1.54) is 17.2 Å². The number of rotatable bonds is 5. The molecule has 0 aliphatic carbocycles. The van der Waals surface area contributed by atoms with E-state index in [9.17, 15) is 4.39 Å². The summed E-state index contributed by atoms with van der Waals surface area (Å²) in [6.07, 6.45) is 2.19. The molecule has 2 rings (SSSR count). The summed E-state index contributed by atoms with van der Waals surface area (Å²) in [4.78, 5) is 0. The zero-order valence-corrected chi connectivity index (χ0v) is 12.3. The van der Waals surface area contributed by atoms with E-state index in [1.807, 2.05) is 0 Å². The van der Waals surface area contributed by atoms with Crippen molar-refractivity contribution < 1.29 is 4.39 Å². The van der Waals surface area contributed by atoms with Gasteiger partial charge in [0, 0.05) is 16.6 Å². The lowest BCUT2D eigenvalue weighted by Crippen LogP contribution is -2.26. The van der Waals surface area contributed by atoms with E-state index in [0.717, 1.165) is 6.42 Å². The third-order valence-corrected chi connectivity index (χ3v) is 3.81. The average Bonchev–Trinajstić information content (AvgIpc) is 2.44. The molecule has 20 heavy (non-hydrogen) atoms. The van der Waals surface area contributed by atoms with Crippen LogP contribution in [-0.4, -0.2) is 6.04 Å². The van der Waals surface area contributed by atoms with Gasteiger partial charge in [0.1, 0.15) is 5.82 Å². The number of hydrogen-bond acceptors (Lipinski definition) is 1. The summed E-state index contributed by atoms with van der Waals surface area (Å²) in [5.74, 6) is -0.283. The lowest BCUT2D eigenvalue weighted by Gasteiger charge is -2.14. The van der Waals surface area contributed by atoms with Crippen LogP contribution in [0.15, 0.2) is 42.5 Å². The van der Waals surface area contributed by atoms with Crippen molar-refractivity contribution in [3.8, 4) is 0 Å². The Morgan fingerprint density at radius 3 is 2.30 bits per heavy atom. The fraction of sp³-hybridized carbons (Fsp3) is 0.294. The van der Waals surface area contributed by atoms with Gasteiger partial charge in [-0.15, -0.1) is 0 Å². The molecule has 1 nitrogen and oxygen atoms in total. The predicted molar refractivity (Wildman–Crippen MR) is 82.6 cm³/mol. The van der Waals surface area contributed by atoms with Gasteiger partial charge in [0.25, 0.3) is 0 Å². The Morgan fingerprint density at radius 2 is 1.70 bits per heavy atom. The molecule has 0 bridgehead atoms. The van der Waals surface area contributed by atoms with Gasteiger partial charge in [0.2, 0.25) is 0 Å². The largest absolute Gasteiger partial charge is 0.327 e. The molecule has 2 N–H and O–H groups in total. The van der Waals surface area contributed by atoms with E-state index in [2.05, 4.69) is 31.2 Å². The van der Waals surface area contributed by atoms with Crippen LogP contribution >= 0.6 is 11.6 Å². The first-order valence-electron chi connectivity index (χ1n) is 6.86. The first kappa shape index (κ1) is 15.0. The second-order valence-corrected chi connectivity index (χ2v) is 5.45. The van der Waals surface area contributed by atoms with Crippen molar-refractivity contribution in [2.24, 2.45) is 5.73 Å². The SMILES string of the molecule is CCc1ccc(CC(N)Cc2c(F)cccc2Cl)cc1. The minimum atomic E-state index is -0.283. The Labute approximate surface area is 124 Å². The normalized spacial score (nSPS) is 12.4. The minimum absolute atomic E-state index is 0.142. The standard InChI is InChI=1S/C17H19ClFN/c1-2-12-6-8-13(9-7-12)10-14(20)11-15-16(18)4-3-5-17(15)19/h3-9,14H,2,10-11,20H2,1H3. The van der Waals surface area contributed by atoms with Gasteiger partial charge in [-0.2, -0.15) is 0 Å². The molecule has 2 aromatic carbocycles. The lowest BCUT2D eigenvalue weighted by molar-refractivity contribution is 0.584. The van der Waals surface area contributed by atoms with E-state index < -0.39 is 0 Å². The van der Waals surface area contributed by atoms with Crippen molar-refractivity contribution in [3.05, 3.63) is 70.0 Å². The number of aryl methyl sites for hydroxylation is 1. The molecular weight excluding hydrogens is 273 g/mol. The van der Waals surface area contributed by atoms with Crippen molar-refractivity contribution in [1.29, 1.82) is 0 Å². The van der Waals surface area contributed by atoms with E-state index in [0.29, 0.717) is 23.4 Å². The minimum Gasteiger partial charge on any atom is -0.327 e. The molecule has 0 amide bonds. The summed E-state index contributed by atoms with van der Waals surface area (Å²) in [5, 5.41) is 0.446. The third kappa shape index (κ3) is 3.81. The zero-order valence-electron chi connectivity index (χ0n) is 11.6. The highest BCUT2D eigenvalue weighted by Gasteiger charge is 2.12. The van der Waals surface area contributed by atoms with Crippen LogP contribution in [0.4, 0.5) is 4.39 Å². The van der Waals surface area contributed by atoms with Gasteiger partial charge in [-0.25, -0.2) is 4.39 Å². The van der Waals surface area contributed by atoms with Crippen molar-refractivity contribution in [2.45, 2.75) is 32.2 Å². The van der Waals surface area contributed by atoms with Gasteiger partial charge in [-0.3, -0.25) is 0 Å². The number of nitrogens with two attached hydrogens (primary N) is 1. The summed E-state index contributed by atoms with van der Waals surface area (Å²) in [6, 6.07) is 13.0. The van der Waals surface area contributed by atoms with Crippen LogP contribution in [0.3, 0.4) is 0 Å². The lowest BCUT2D eigenvalue weighted by atomic mass is 9.98. The Balaban J connectivity index is 2.03. The van der Waals surface area contributed by atoms with Gasteiger partial charge in [-0.1, -0.05) is 48.9 Å². The Morgan fingerprint density at radius 1 is 1.05 bits per heavy atom. The summed E-state index contributed by atoms with van der Waals surface area (Å²) in [7, 11) is 0. The highest BCUT2D eigenvalue weighted by atomic mass is 35.5. The molecule has 0 saturated heterocycles. The van der Waals surface area contributed by atoms with Gasteiger partial charge in [0.05, 0.1) is 0 Å². The number of halogens is 2. The molecule has 3 heteroatoms. The second-order valence-electron chi connectivity index (χ2n) is 5.04. The maximum atomic E-state index is 13.7. The maximum Gasteiger partial charge on any atom is 0.127 e. The molecule has 2 aromatic rings. The average molecular weight is 292 g/mol. The zero-order chi connectivity index (χ0) is 14.5. The topological polar surface area (TPSA) is 26.0 Å². The summed E-state index contributed by atoms with van der Waals surface area (Å²) >= 11 is 6.02. The van der Waals surface area contributed by atoms with Gasteiger partial charge in [-0.05, 0) is 42.5 Å². The predicted octanol–water partition coefficient (Wildman–Crippen LogP) is 4.15. The first-order chi connectivity index (χ1) is 9.60. The molecule has 0 heterocycles. The van der Waals surface area contributed by atoms with Crippen molar-refractivity contribution in [3.63, 3.8) is 0 Å². The molecule has 1 atom stereocenters. The summed E-state index contributed by atoms with van der Waals surface area (Å²) < 4.78 is 13.7. The first-order valence-corrected chi connectivity index (χ1v) is 7.24. The molecular formula is C17H19ClFN. The molecule has 0 aliphatic rings. The Kier molecular flexibility index (Phi) is 5.16. The molecule has 0 aliphatic heterocycles. The van der Waals surface area contributed by atoms with Gasteiger partial charge >= 0.3 is 0 Å². The van der Waals surface area contributed by atoms with Crippen LogP contribution in [0.2, 0.25) is 5.02 Å². The fourth-order valence-corrected chi connectivity index (χ4v) is 2.52. The molecule has 1 unspecified atom stereocenters. The van der Waals surface area contributed by atoms with Crippen LogP contribution < -0.4 is 5.73 Å². The van der Waals surface area contributed by atoms with Crippen LogP contribution in [0, 0.1) is 5.82 Å². The molecule has 0 spiro atoms. The second kappa shape index (κ2) is 6.87. The van der Waals surface area contributed by atoms with Gasteiger partial charge in [0.15, 0.2) is 0 Å². The quantitative estimate of drug-likeness (QED) is 0.880. The number of hydrogen-bond donors (Lipinski definition) is 1. The summed E-state index contributed by atoms with van der Waals surface area (Å²) in [5.41, 5.74) is 9.10.